The molecule has 5 nitrogen and oxygen atoms in total. The van der Waals surface area contributed by atoms with Crippen molar-refractivity contribution in [2.45, 2.75) is 12.8 Å². The minimum atomic E-state index is -0.00741. The Balaban J connectivity index is 1.55. The minimum absolute atomic E-state index is 0.00741. The van der Waals surface area contributed by atoms with Crippen LogP contribution < -0.4 is 5.32 Å². The average molecular weight is 276 g/mol. The topological polar surface area (TPSA) is 48.5 Å². The molecule has 110 valence electrons. The largest absolute Gasteiger partial charge is 0.352 e. The number of carbonyl (C=O) groups excluding carboxylic acids is 1. The van der Waals surface area contributed by atoms with E-state index in [0.717, 1.165) is 25.9 Å². The van der Waals surface area contributed by atoms with E-state index in [9.17, 15) is 4.79 Å². The molecule has 1 aromatic rings. The van der Waals surface area contributed by atoms with Gasteiger partial charge in [-0.1, -0.05) is 0 Å². The van der Waals surface area contributed by atoms with Gasteiger partial charge >= 0.3 is 0 Å². The number of pyridine rings is 1. The van der Waals surface area contributed by atoms with Crippen molar-refractivity contribution in [3.8, 4) is 0 Å². The number of nitrogens with one attached hydrogen (secondary N) is 1. The molecule has 1 aromatic heterocycles. The van der Waals surface area contributed by atoms with Crippen LogP contribution in [0, 0.1) is 0 Å². The Kier molecular flexibility index (Phi) is 5.95. The van der Waals surface area contributed by atoms with Crippen molar-refractivity contribution in [1.82, 2.24) is 20.1 Å². The highest BCUT2D eigenvalue weighted by Gasteiger charge is 2.12. The summed E-state index contributed by atoms with van der Waals surface area (Å²) < 4.78 is 0. The molecule has 0 bridgehead atoms. The molecule has 0 aromatic carbocycles. The number of carbonyl (C=O) groups is 1. The number of hydrogen-bond donors (Lipinski definition) is 1. The van der Waals surface area contributed by atoms with Crippen molar-refractivity contribution in [2.24, 2.45) is 0 Å². The number of amides is 1. The van der Waals surface area contributed by atoms with Gasteiger partial charge in [-0.3, -0.25) is 9.78 Å². The number of likely N-dealkylation sites (N-methyl/N-ethyl adjacent to an activating group) is 1. The van der Waals surface area contributed by atoms with Gasteiger partial charge in [0.2, 0.25) is 0 Å². The Morgan fingerprint density at radius 2 is 1.90 bits per heavy atom. The van der Waals surface area contributed by atoms with Gasteiger partial charge in [-0.05, 0) is 38.6 Å². The molecule has 0 spiro atoms. The van der Waals surface area contributed by atoms with Crippen molar-refractivity contribution in [3.63, 3.8) is 0 Å². The second-order valence-corrected chi connectivity index (χ2v) is 5.34. The monoisotopic (exact) mass is 276 g/mol. The first-order chi connectivity index (χ1) is 9.75. The molecule has 1 amide bonds. The lowest BCUT2D eigenvalue weighted by Gasteiger charge is -2.32. The summed E-state index contributed by atoms with van der Waals surface area (Å²) in [6.07, 6.45) is 5.45. The van der Waals surface area contributed by atoms with Crippen LogP contribution in [-0.4, -0.2) is 67.0 Å². The van der Waals surface area contributed by atoms with Gasteiger partial charge in [0.1, 0.15) is 0 Å². The van der Waals surface area contributed by atoms with E-state index in [1.807, 2.05) is 0 Å². The van der Waals surface area contributed by atoms with Crippen LogP contribution in [0.15, 0.2) is 24.5 Å². The van der Waals surface area contributed by atoms with E-state index < -0.39 is 0 Å². The molecular formula is C15H24N4O. The number of unbranched alkanes of at least 4 members (excludes halogenated alkanes) is 1. The lowest BCUT2D eigenvalue weighted by Crippen LogP contribution is -2.44. The summed E-state index contributed by atoms with van der Waals surface area (Å²) in [5.41, 5.74) is 0.680. The van der Waals surface area contributed by atoms with Crippen LogP contribution in [0.4, 0.5) is 0 Å². The van der Waals surface area contributed by atoms with E-state index in [0.29, 0.717) is 5.56 Å². The van der Waals surface area contributed by atoms with E-state index >= 15 is 0 Å². The summed E-state index contributed by atoms with van der Waals surface area (Å²) in [6.45, 7) is 6.55. The second kappa shape index (κ2) is 7.97. The van der Waals surface area contributed by atoms with Crippen molar-refractivity contribution >= 4 is 5.91 Å². The highest BCUT2D eigenvalue weighted by molar-refractivity contribution is 5.93. The standard InChI is InChI=1S/C15H24N4O/c1-18-10-12-19(13-11-18)9-3-2-6-17-15(20)14-4-7-16-8-5-14/h4-5,7-8H,2-3,6,9-13H2,1H3,(H,17,20). The maximum Gasteiger partial charge on any atom is 0.251 e. The second-order valence-electron chi connectivity index (χ2n) is 5.34. The van der Waals surface area contributed by atoms with Gasteiger partial charge < -0.3 is 15.1 Å². The van der Waals surface area contributed by atoms with E-state index in [2.05, 4.69) is 27.1 Å². The third-order valence-corrected chi connectivity index (χ3v) is 3.73. The molecule has 0 saturated carbocycles. The van der Waals surface area contributed by atoms with Gasteiger partial charge in [0.25, 0.3) is 5.91 Å². The number of hydrogen-bond acceptors (Lipinski definition) is 4. The molecule has 20 heavy (non-hydrogen) atoms. The molecule has 2 heterocycles. The van der Waals surface area contributed by atoms with Crippen LogP contribution in [-0.2, 0) is 0 Å². The van der Waals surface area contributed by atoms with Crippen molar-refractivity contribution in [1.29, 1.82) is 0 Å². The summed E-state index contributed by atoms with van der Waals surface area (Å²) in [7, 11) is 2.17. The Morgan fingerprint density at radius 1 is 1.20 bits per heavy atom. The Labute approximate surface area is 121 Å². The van der Waals surface area contributed by atoms with Crippen molar-refractivity contribution < 1.29 is 4.79 Å². The Bertz CT molecular complexity index is 402. The summed E-state index contributed by atoms with van der Waals surface area (Å²) in [6, 6.07) is 3.47. The predicted octanol–water partition coefficient (Wildman–Crippen LogP) is 0.839. The smallest absolute Gasteiger partial charge is 0.251 e. The molecule has 5 heteroatoms. The summed E-state index contributed by atoms with van der Waals surface area (Å²) >= 11 is 0. The summed E-state index contributed by atoms with van der Waals surface area (Å²) in [5.74, 6) is -0.00741. The molecule has 1 saturated heterocycles. The molecule has 0 atom stereocenters. The van der Waals surface area contributed by atoms with Gasteiger partial charge in [0, 0.05) is 50.7 Å². The third-order valence-electron chi connectivity index (χ3n) is 3.73. The lowest BCUT2D eigenvalue weighted by molar-refractivity contribution is 0.0951. The number of piperazine rings is 1. The first-order valence-electron chi connectivity index (χ1n) is 7.35. The number of nitrogens with zero attached hydrogens (tertiary/aromatic N) is 3. The molecule has 1 aliphatic rings. The zero-order valence-corrected chi connectivity index (χ0v) is 12.2. The van der Waals surface area contributed by atoms with Crippen LogP contribution in [0.1, 0.15) is 23.2 Å². The molecule has 0 unspecified atom stereocenters. The first kappa shape index (κ1) is 14.9. The van der Waals surface area contributed by atoms with Crippen LogP contribution in [0.2, 0.25) is 0 Å². The van der Waals surface area contributed by atoms with E-state index in [-0.39, 0.29) is 5.91 Å². The highest BCUT2D eigenvalue weighted by atomic mass is 16.1. The van der Waals surface area contributed by atoms with E-state index in [1.165, 1.54) is 26.2 Å². The fourth-order valence-electron chi connectivity index (χ4n) is 2.34. The molecule has 1 fully saturated rings. The Morgan fingerprint density at radius 3 is 2.60 bits per heavy atom. The normalized spacial score (nSPS) is 17.1. The van der Waals surface area contributed by atoms with E-state index in [4.69, 9.17) is 0 Å². The summed E-state index contributed by atoms with van der Waals surface area (Å²) in [4.78, 5) is 20.6. The van der Waals surface area contributed by atoms with Crippen LogP contribution in [0.3, 0.4) is 0 Å². The van der Waals surface area contributed by atoms with Crippen LogP contribution in [0.5, 0.6) is 0 Å². The maximum atomic E-state index is 11.8. The van der Waals surface area contributed by atoms with Gasteiger partial charge in [-0.25, -0.2) is 0 Å². The summed E-state index contributed by atoms with van der Waals surface area (Å²) in [5, 5.41) is 2.95. The van der Waals surface area contributed by atoms with Gasteiger partial charge in [0.05, 0.1) is 0 Å². The van der Waals surface area contributed by atoms with Crippen molar-refractivity contribution in [3.05, 3.63) is 30.1 Å². The zero-order valence-electron chi connectivity index (χ0n) is 12.2. The number of rotatable bonds is 6. The molecule has 0 radical (unpaired) electrons. The molecule has 1 aliphatic heterocycles. The molecule has 2 rings (SSSR count). The fourth-order valence-corrected chi connectivity index (χ4v) is 2.34. The van der Waals surface area contributed by atoms with Gasteiger partial charge in [0.15, 0.2) is 0 Å². The quantitative estimate of drug-likeness (QED) is 0.782. The van der Waals surface area contributed by atoms with Gasteiger partial charge in [-0.2, -0.15) is 0 Å². The zero-order chi connectivity index (χ0) is 14.2. The number of aromatic nitrogens is 1. The SMILES string of the molecule is CN1CCN(CCCCNC(=O)c2ccncc2)CC1. The maximum absolute atomic E-state index is 11.8. The first-order valence-corrected chi connectivity index (χ1v) is 7.35. The molecule has 1 N–H and O–H groups in total. The molecule has 0 aliphatic carbocycles. The third kappa shape index (κ3) is 4.90. The van der Waals surface area contributed by atoms with Gasteiger partial charge in [-0.15, -0.1) is 0 Å². The Hall–Kier alpha value is -1.46. The predicted molar refractivity (Wildman–Crippen MR) is 79.7 cm³/mol. The van der Waals surface area contributed by atoms with Crippen molar-refractivity contribution in [2.75, 3.05) is 46.3 Å². The average Bonchev–Trinajstić information content (AvgIpc) is 2.49. The lowest BCUT2D eigenvalue weighted by atomic mass is 10.2. The molecular weight excluding hydrogens is 252 g/mol. The minimum Gasteiger partial charge on any atom is -0.352 e. The van der Waals surface area contributed by atoms with Crippen LogP contribution in [0.25, 0.3) is 0 Å². The van der Waals surface area contributed by atoms with E-state index in [1.54, 1.807) is 24.5 Å². The van der Waals surface area contributed by atoms with Crippen LogP contribution >= 0.6 is 0 Å². The fraction of sp³-hybridized carbons (Fsp3) is 0.600. The highest BCUT2D eigenvalue weighted by Crippen LogP contribution is 2.01.